The standard InChI is InChI=1S/C24H23N3O3S2/c1-15-8-10-20(11-9-15)32(29,30)26-19-7-5-6-18(14-19)23(28)25-24-27(4)21-12-16(2)17(3)13-22(21)31-24/h5-14,26H,1-4H3. The molecule has 6 nitrogen and oxygen atoms in total. The van der Waals surface area contributed by atoms with E-state index in [4.69, 9.17) is 0 Å². The lowest BCUT2D eigenvalue weighted by atomic mass is 10.1. The number of sulfonamides is 1. The number of aromatic nitrogens is 1. The van der Waals surface area contributed by atoms with Crippen molar-refractivity contribution in [2.24, 2.45) is 12.0 Å². The van der Waals surface area contributed by atoms with E-state index < -0.39 is 15.9 Å². The smallest absolute Gasteiger partial charge is 0.279 e. The van der Waals surface area contributed by atoms with Crippen LogP contribution in [0.5, 0.6) is 0 Å². The van der Waals surface area contributed by atoms with Crippen molar-refractivity contribution in [1.29, 1.82) is 0 Å². The highest BCUT2D eigenvalue weighted by molar-refractivity contribution is 7.92. The second kappa shape index (κ2) is 8.37. The molecule has 0 saturated heterocycles. The Labute approximate surface area is 190 Å². The lowest BCUT2D eigenvalue weighted by Crippen LogP contribution is -2.14. The number of carbonyl (C=O) groups excluding carboxylic acids is 1. The summed E-state index contributed by atoms with van der Waals surface area (Å²) in [5.41, 5.74) is 4.96. The van der Waals surface area contributed by atoms with Crippen molar-refractivity contribution < 1.29 is 13.2 Å². The topological polar surface area (TPSA) is 80.5 Å². The van der Waals surface area contributed by atoms with Gasteiger partial charge in [-0.05, 0) is 74.4 Å². The van der Waals surface area contributed by atoms with Gasteiger partial charge >= 0.3 is 0 Å². The van der Waals surface area contributed by atoms with Gasteiger partial charge in [0, 0.05) is 18.3 Å². The number of nitrogens with one attached hydrogen (secondary N) is 1. The minimum absolute atomic E-state index is 0.160. The number of anilines is 1. The molecule has 0 aliphatic carbocycles. The first-order chi connectivity index (χ1) is 15.1. The van der Waals surface area contributed by atoms with E-state index in [0.717, 1.165) is 15.8 Å². The van der Waals surface area contributed by atoms with E-state index >= 15 is 0 Å². The Morgan fingerprint density at radius 3 is 2.38 bits per heavy atom. The quantitative estimate of drug-likeness (QED) is 0.474. The van der Waals surface area contributed by atoms with Crippen LogP contribution in [0.1, 0.15) is 27.0 Å². The first kappa shape index (κ1) is 22.0. The Hall–Kier alpha value is -3.23. The molecule has 0 unspecified atom stereocenters. The van der Waals surface area contributed by atoms with Crippen LogP contribution in [0.25, 0.3) is 10.2 Å². The zero-order chi connectivity index (χ0) is 23.0. The number of rotatable bonds is 4. The average molecular weight is 466 g/mol. The molecule has 4 aromatic rings. The number of hydrogen-bond acceptors (Lipinski definition) is 4. The van der Waals surface area contributed by atoms with Gasteiger partial charge in [-0.3, -0.25) is 9.52 Å². The summed E-state index contributed by atoms with van der Waals surface area (Å²) in [6.45, 7) is 6.00. The van der Waals surface area contributed by atoms with E-state index in [0.29, 0.717) is 16.1 Å². The van der Waals surface area contributed by atoms with Gasteiger partial charge in [-0.25, -0.2) is 8.42 Å². The molecular weight excluding hydrogens is 442 g/mol. The number of benzene rings is 3. The number of fused-ring (bicyclic) bond motifs is 1. The summed E-state index contributed by atoms with van der Waals surface area (Å²) in [6.07, 6.45) is 0. The van der Waals surface area contributed by atoms with Crippen LogP contribution in [0.4, 0.5) is 5.69 Å². The van der Waals surface area contributed by atoms with Gasteiger partial charge < -0.3 is 4.57 Å². The summed E-state index contributed by atoms with van der Waals surface area (Å²) in [5, 5.41) is 0. The monoisotopic (exact) mass is 465 g/mol. The number of carbonyl (C=O) groups is 1. The first-order valence-corrected chi connectivity index (χ1v) is 12.3. The van der Waals surface area contributed by atoms with Crippen molar-refractivity contribution in [3.05, 3.63) is 87.7 Å². The number of amides is 1. The third kappa shape index (κ3) is 4.37. The van der Waals surface area contributed by atoms with Crippen molar-refractivity contribution in [3.8, 4) is 0 Å². The van der Waals surface area contributed by atoms with Crippen LogP contribution in [0.15, 0.2) is 70.6 Å². The highest BCUT2D eigenvalue weighted by atomic mass is 32.2. The average Bonchev–Trinajstić information content (AvgIpc) is 3.03. The fourth-order valence-electron chi connectivity index (χ4n) is 3.28. The molecule has 0 aliphatic rings. The molecule has 3 aromatic carbocycles. The number of hydrogen-bond donors (Lipinski definition) is 1. The van der Waals surface area contributed by atoms with E-state index in [2.05, 4.69) is 35.7 Å². The number of nitrogens with zero attached hydrogens (tertiary/aromatic N) is 2. The summed E-state index contributed by atoms with van der Waals surface area (Å²) in [7, 11) is -1.88. The molecule has 0 spiro atoms. The fraction of sp³-hybridized carbons (Fsp3) is 0.167. The second-order valence-corrected chi connectivity index (χ2v) is 10.5. The van der Waals surface area contributed by atoms with Crippen molar-refractivity contribution >= 4 is 43.2 Å². The molecule has 0 atom stereocenters. The molecule has 164 valence electrons. The Morgan fingerprint density at radius 2 is 1.66 bits per heavy atom. The maximum atomic E-state index is 12.9. The highest BCUT2D eigenvalue weighted by Gasteiger charge is 2.15. The van der Waals surface area contributed by atoms with Gasteiger partial charge in [-0.1, -0.05) is 35.1 Å². The molecule has 32 heavy (non-hydrogen) atoms. The van der Waals surface area contributed by atoms with Gasteiger partial charge in [0.1, 0.15) is 0 Å². The van der Waals surface area contributed by atoms with Crippen molar-refractivity contribution in [2.75, 3.05) is 4.72 Å². The second-order valence-electron chi connectivity index (χ2n) is 7.76. The minimum Gasteiger partial charge on any atom is -0.319 e. The van der Waals surface area contributed by atoms with Crippen molar-refractivity contribution in [1.82, 2.24) is 4.57 Å². The van der Waals surface area contributed by atoms with Crippen LogP contribution in [0.3, 0.4) is 0 Å². The third-order valence-corrected chi connectivity index (χ3v) is 7.81. The van der Waals surface area contributed by atoms with Crippen molar-refractivity contribution in [3.63, 3.8) is 0 Å². The van der Waals surface area contributed by atoms with Gasteiger partial charge in [-0.15, -0.1) is 0 Å². The molecule has 0 fully saturated rings. The molecule has 1 N–H and O–H groups in total. The summed E-state index contributed by atoms with van der Waals surface area (Å²) in [4.78, 5) is 17.9. The van der Waals surface area contributed by atoms with Crippen molar-refractivity contribution in [2.45, 2.75) is 25.7 Å². The van der Waals surface area contributed by atoms with E-state index in [9.17, 15) is 13.2 Å². The molecule has 0 aliphatic heterocycles. The maximum absolute atomic E-state index is 12.9. The molecule has 1 amide bonds. The molecule has 0 radical (unpaired) electrons. The van der Waals surface area contributed by atoms with Gasteiger partial charge in [0.05, 0.1) is 15.1 Å². The molecule has 0 saturated carbocycles. The van der Waals surface area contributed by atoms with Crippen LogP contribution in [0.2, 0.25) is 0 Å². The Balaban J connectivity index is 1.65. The van der Waals surface area contributed by atoms with Crippen LogP contribution >= 0.6 is 11.3 Å². The van der Waals surface area contributed by atoms with Crippen LogP contribution in [-0.4, -0.2) is 18.9 Å². The Kier molecular flexibility index (Phi) is 5.75. The first-order valence-electron chi connectivity index (χ1n) is 9.99. The van der Waals surface area contributed by atoms with E-state index in [1.165, 1.54) is 28.5 Å². The summed E-state index contributed by atoms with van der Waals surface area (Å²) in [5.74, 6) is -0.433. The predicted octanol–water partition coefficient (Wildman–Crippen LogP) is 4.71. The lowest BCUT2D eigenvalue weighted by molar-refractivity contribution is 0.0998. The van der Waals surface area contributed by atoms with E-state index in [1.807, 2.05) is 18.5 Å². The normalized spacial score (nSPS) is 12.3. The molecular formula is C24H23N3O3S2. The zero-order valence-electron chi connectivity index (χ0n) is 18.2. The Bertz CT molecular complexity index is 1510. The summed E-state index contributed by atoms with van der Waals surface area (Å²) < 4.78 is 30.8. The fourth-order valence-corrected chi connectivity index (χ4v) is 5.43. The number of thiazole rings is 1. The van der Waals surface area contributed by atoms with Crippen LogP contribution in [-0.2, 0) is 17.1 Å². The zero-order valence-corrected chi connectivity index (χ0v) is 19.8. The highest BCUT2D eigenvalue weighted by Crippen LogP contribution is 2.22. The molecule has 1 aromatic heterocycles. The number of aryl methyl sites for hydroxylation is 4. The van der Waals surface area contributed by atoms with E-state index in [-0.39, 0.29) is 4.90 Å². The summed E-state index contributed by atoms with van der Waals surface area (Å²) >= 11 is 1.45. The van der Waals surface area contributed by atoms with Crippen LogP contribution in [0, 0.1) is 20.8 Å². The van der Waals surface area contributed by atoms with Crippen LogP contribution < -0.4 is 9.52 Å². The van der Waals surface area contributed by atoms with Gasteiger partial charge in [0.25, 0.3) is 15.9 Å². The summed E-state index contributed by atoms with van der Waals surface area (Å²) in [6, 6.07) is 17.1. The third-order valence-electron chi connectivity index (χ3n) is 5.32. The van der Waals surface area contributed by atoms with Gasteiger partial charge in [-0.2, -0.15) is 4.99 Å². The largest absolute Gasteiger partial charge is 0.319 e. The molecule has 0 bridgehead atoms. The predicted molar refractivity (Wildman–Crippen MR) is 129 cm³/mol. The maximum Gasteiger partial charge on any atom is 0.279 e. The minimum atomic E-state index is -3.76. The molecule has 4 rings (SSSR count). The molecule has 1 heterocycles. The van der Waals surface area contributed by atoms with E-state index in [1.54, 1.807) is 42.5 Å². The lowest BCUT2D eigenvalue weighted by Gasteiger charge is -2.09. The molecule has 8 heteroatoms. The van der Waals surface area contributed by atoms with Gasteiger partial charge in [0.2, 0.25) is 0 Å². The SMILES string of the molecule is Cc1ccc(S(=O)(=O)Nc2cccc(C(=O)N=c3sc4cc(C)c(C)cc4n3C)c2)cc1. The van der Waals surface area contributed by atoms with Gasteiger partial charge in [0.15, 0.2) is 4.80 Å². The Morgan fingerprint density at radius 1 is 0.969 bits per heavy atom.